The summed E-state index contributed by atoms with van der Waals surface area (Å²) in [7, 11) is 0. The van der Waals surface area contributed by atoms with Crippen molar-refractivity contribution in [1.82, 2.24) is 4.98 Å². The molecule has 0 spiro atoms. The van der Waals surface area contributed by atoms with E-state index in [1.54, 1.807) is 18.2 Å². The van der Waals surface area contributed by atoms with Crippen molar-refractivity contribution in [1.29, 1.82) is 0 Å². The minimum Gasteiger partial charge on any atom is -0.481 e. The van der Waals surface area contributed by atoms with Crippen LogP contribution in [-0.2, 0) is 11.2 Å². The van der Waals surface area contributed by atoms with Gasteiger partial charge < -0.3 is 5.11 Å². The van der Waals surface area contributed by atoms with Crippen LogP contribution in [0.3, 0.4) is 0 Å². The maximum Gasteiger partial charge on any atom is 0.311 e. The Balaban J connectivity index is 1.99. The quantitative estimate of drug-likeness (QED) is 0.899. The minimum atomic E-state index is -0.796. The molecule has 0 amide bonds. The van der Waals surface area contributed by atoms with Crippen LogP contribution in [0.15, 0.2) is 36.4 Å². The van der Waals surface area contributed by atoms with Gasteiger partial charge in [0, 0.05) is 11.3 Å². The van der Waals surface area contributed by atoms with E-state index >= 15 is 0 Å². The van der Waals surface area contributed by atoms with Crippen LogP contribution in [-0.4, -0.2) is 16.1 Å². The molecule has 3 rings (SSSR count). The highest BCUT2D eigenvalue weighted by atomic mass is 19.1. The number of carboxylic acid groups (broad SMARTS) is 1. The number of benzene rings is 1. The van der Waals surface area contributed by atoms with E-state index in [-0.39, 0.29) is 5.82 Å². The molecule has 1 aliphatic rings. The maximum absolute atomic E-state index is 12.9. The molecule has 1 atom stereocenters. The number of hydrogen-bond donors (Lipinski definition) is 1. The topological polar surface area (TPSA) is 50.2 Å². The van der Waals surface area contributed by atoms with Gasteiger partial charge in [0.25, 0.3) is 0 Å². The molecule has 0 aliphatic heterocycles. The number of hydrogen-bond acceptors (Lipinski definition) is 2. The number of pyridine rings is 1. The van der Waals surface area contributed by atoms with Gasteiger partial charge in [-0.25, -0.2) is 4.39 Å². The molecular weight excluding hydrogens is 245 g/mol. The number of rotatable bonds is 2. The van der Waals surface area contributed by atoms with Gasteiger partial charge in [0.15, 0.2) is 0 Å². The molecule has 0 saturated heterocycles. The highest BCUT2D eigenvalue weighted by Crippen LogP contribution is 2.33. The highest BCUT2D eigenvalue weighted by molar-refractivity contribution is 5.78. The van der Waals surface area contributed by atoms with E-state index in [0.717, 1.165) is 22.5 Å². The molecule has 0 radical (unpaired) electrons. The van der Waals surface area contributed by atoms with Crippen molar-refractivity contribution in [2.24, 2.45) is 0 Å². The fourth-order valence-corrected chi connectivity index (χ4v) is 2.50. The van der Waals surface area contributed by atoms with Gasteiger partial charge in [-0.3, -0.25) is 9.78 Å². The molecular formula is C15H12FNO2. The van der Waals surface area contributed by atoms with Crippen LogP contribution in [0.2, 0.25) is 0 Å². The molecule has 1 aromatic heterocycles. The van der Waals surface area contributed by atoms with Gasteiger partial charge in [-0.1, -0.05) is 6.07 Å². The summed E-state index contributed by atoms with van der Waals surface area (Å²) >= 11 is 0. The molecule has 1 N–H and O–H groups in total. The number of aromatic nitrogens is 1. The van der Waals surface area contributed by atoms with E-state index in [2.05, 4.69) is 4.98 Å². The predicted molar refractivity (Wildman–Crippen MR) is 68.3 cm³/mol. The average molecular weight is 257 g/mol. The van der Waals surface area contributed by atoms with Crippen LogP contribution in [0.1, 0.15) is 23.6 Å². The van der Waals surface area contributed by atoms with E-state index in [0.29, 0.717) is 12.8 Å². The second-order valence-corrected chi connectivity index (χ2v) is 4.67. The van der Waals surface area contributed by atoms with Crippen molar-refractivity contribution in [2.75, 3.05) is 0 Å². The standard InChI is InChI=1S/C15H12FNO2/c16-10-3-1-9(2-4-10)13-7-5-11-12(15(18)19)6-8-14(11)17-13/h1-5,7,12H,6,8H2,(H,18,19). The maximum atomic E-state index is 12.9. The third-order valence-electron chi connectivity index (χ3n) is 3.49. The predicted octanol–water partition coefficient (Wildman–Crippen LogP) is 3.00. The summed E-state index contributed by atoms with van der Waals surface area (Å²) in [5.41, 5.74) is 3.24. The average Bonchev–Trinajstić information content (AvgIpc) is 2.82. The molecule has 1 unspecified atom stereocenters. The Morgan fingerprint density at radius 2 is 1.95 bits per heavy atom. The first-order valence-electron chi connectivity index (χ1n) is 6.14. The zero-order valence-electron chi connectivity index (χ0n) is 10.1. The zero-order valence-corrected chi connectivity index (χ0v) is 10.1. The lowest BCUT2D eigenvalue weighted by atomic mass is 10.0. The number of aliphatic carboxylic acids is 1. The Bertz CT molecular complexity index is 637. The van der Waals surface area contributed by atoms with E-state index in [1.165, 1.54) is 12.1 Å². The lowest BCUT2D eigenvalue weighted by molar-refractivity contribution is -0.138. The summed E-state index contributed by atoms with van der Waals surface area (Å²) in [5.74, 6) is -1.52. The number of nitrogens with zero attached hydrogens (tertiary/aromatic N) is 1. The summed E-state index contributed by atoms with van der Waals surface area (Å²) < 4.78 is 12.9. The molecule has 0 fully saturated rings. The van der Waals surface area contributed by atoms with E-state index in [9.17, 15) is 9.18 Å². The van der Waals surface area contributed by atoms with Gasteiger partial charge in [-0.05, 0) is 48.7 Å². The van der Waals surface area contributed by atoms with Crippen LogP contribution in [0, 0.1) is 5.82 Å². The molecule has 1 aromatic carbocycles. The summed E-state index contributed by atoms with van der Waals surface area (Å²) in [5, 5.41) is 9.11. The van der Waals surface area contributed by atoms with Gasteiger partial charge in [0.2, 0.25) is 0 Å². The number of aryl methyl sites for hydroxylation is 1. The number of halogens is 1. The number of carboxylic acids is 1. The molecule has 3 nitrogen and oxygen atoms in total. The first-order chi connectivity index (χ1) is 9.15. The first kappa shape index (κ1) is 11.8. The number of fused-ring (bicyclic) bond motifs is 1. The van der Waals surface area contributed by atoms with Crippen LogP contribution in [0.4, 0.5) is 4.39 Å². The van der Waals surface area contributed by atoms with Crippen molar-refractivity contribution in [2.45, 2.75) is 18.8 Å². The SMILES string of the molecule is O=C(O)C1CCc2nc(-c3ccc(F)cc3)ccc21. The Hall–Kier alpha value is -2.23. The monoisotopic (exact) mass is 257 g/mol. The lowest BCUT2D eigenvalue weighted by Gasteiger charge is -2.07. The van der Waals surface area contributed by atoms with Gasteiger partial charge in [0.05, 0.1) is 11.6 Å². The van der Waals surface area contributed by atoms with Crippen LogP contribution in [0.25, 0.3) is 11.3 Å². The lowest BCUT2D eigenvalue weighted by Crippen LogP contribution is -2.07. The third-order valence-corrected chi connectivity index (χ3v) is 3.49. The smallest absolute Gasteiger partial charge is 0.311 e. The Morgan fingerprint density at radius 1 is 1.21 bits per heavy atom. The van der Waals surface area contributed by atoms with Crippen molar-refractivity contribution in [3.8, 4) is 11.3 Å². The molecule has 0 saturated carbocycles. The molecule has 0 bridgehead atoms. The van der Waals surface area contributed by atoms with Gasteiger partial charge in [-0.2, -0.15) is 0 Å². The van der Waals surface area contributed by atoms with Crippen molar-refractivity contribution in [3.05, 3.63) is 53.5 Å². The van der Waals surface area contributed by atoms with Crippen LogP contribution < -0.4 is 0 Å². The van der Waals surface area contributed by atoms with E-state index in [4.69, 9.17) is 5.11 Å². The fraction of sp³-hybridized carbons (Fsp3) is 0.200. The largest absolute Gasteiger partial charge is 0.481 e. The molecule has 1 aliphatic carbocycles. The molecule has 96 valence electrons. The summed E-state index contributed by atoms with van der Waals surface area (Å²) in [6.07, 6.45) is 1.28. The molecule has 2 aromatic rings. The number of carbonyl (C=O) groups is 1. The van der Waals surface area contributed by atoms with Gasteiger partial charge in [0.1, 0.15) is 5.82 Å². The second kappa shape index (κ2) is 4.46. The van der Waals surface area contributed by atoms with E-state index < -0.39 is 11.9 Å². The Morgan fingerprint density at radius 3 is 2.63 bits per heavy atom. The Kier molecular flexibility index (Phi) is 2.78. The van der Waals surface area contributed by atoms with Crippen molar-refractivity contribution >= 4 is 5.97 Å². The van der Waals surface area contributed by atoms with Gasteiger partial charge in [-0.15, -0.1) is 0 Å². The third kappa shape index (κ3) is 2.10. The second-order valence-electron chi connectivity index (χ2n) is 4.67. The Labute approximate surface area is 109 Å². The summed E-state index contributed by atoms with van der Waals surface area (Å²) in [4.78, 5) is 15.6. The normalized spacial score (nSPS) is 17.2. The van der Waals surface area contributed by atoms with Crippen molar-refractivity contribution < 1.29 is 14.3 Å². The van der Waals surface area contributed by atoms with Crippen molar-refractivity contribution in [3.63, 3.8) is 0 Å². The summed E-state index contributed by atoms with van der Waals surface area (Å²) in [6.45, 7) is 0. The minimum absolute atomic E-state index is 0.282. The molecule has 1 heterocycles. The van der Waals surface area contributed by atoms with Crippen LogP contribution in [0.5, 0.6) is 0 Å². The fourth-order valence-electron chi connectivity index (χ4n) is 2.50. The highest BCUT2D eigenvalue weighted by Gasteiger charge is 2.29. The van der Waals surface area contributed by atoms with Crippen LogP contribution >= 0.6 is 0 Å². The summed E-state index contributed by atoms with van der Waals surface area (Å²) in [6, 6.07) is 9.76. The first-order valence-corrected chi connectivity index (χ1v) is 6.14. The van der Waals surface area contributed by atoms with E-state index in [1.807, 2.05) is 6.07 Å². The molecule has 4 heteroatoms. The van der Waals surface area contributed by atoms with Gasteiger partial charge >= 0.3 is 5.97 Å². The molecule has 19 heavy (non-hydrogen) atoms. The zero-order chi connectivity index (χ0) is 13.4.